The first-order valence-electron chi connectivity index (χ1n) is 5.45. The number of pyridine rings is 1. The van der Waals surface area contributed by atoms with E-state index in [4.69, 9.17) is 11.6 Å². The van der Waals surface area contributed by atoms with Gasteiger partial charge < -0.3 is 5.32 Å². The molecule has 0 saturated carbocycles. The Labute approximate surface area is 127 Å². The molecule has 0 saturated heterocycles. The molecule has 0 amide bonds. The molecule has 8 heteroatoms. The third-order valence-corrected chi connectivity index (χ3v) is 3.42. The number of nitrogens with one attached hydrogen (secondary N) is 1. The van der Waals surface area contributed by atoms with Crippen LogP contribution in [0.4, 0.5) is 15.9 Å². The van der Waals surface area contributed by atoms with Crippen molar-refractivity contribution in [2.45, 2.75) is 6.54 Å². The Hall–Kier alpha value is -1.73. The number of nitrogens with zero attached hydrogens (tertiary/aromatic N) is 2. The lowest BCUT2D eigenvalue weighted by atomic mass is 10.2. The number of hydrogen-bond acceptors (Lipinski definition) is 4. The Balaban J connectivity index is 2.18. The highest BCUT2D eigenvalue weighted by molar-refractivity contribution is 9.10. The fourth-order valence-corrected chi connectivity index (χ4v) is 2.13. The van der Waals surface area contributed by atoms with E-state index in [1.54, 1.807) is 6.07 Å². The molecule has 1 N–H and O–H groups in total. The van der Waals surface area contributed by atoms with Gasteiger partial charge in [0.25, 0.3) is 5.69 Å². The van der Waals surface area contributed by atoms with Crippen molar-refractivity contribution in [3.8, 4) is 0 Å². The van der Waals surface area contributed by atoms with Crippen molar-refractivity contribution < 1.29 is 9.31 Å². The third-order valence-electron chi connectivity index (χ3n) is 2.46. The van der Waals surface area contributed by atoms with Gasteiger partial charge in [-0.3, -0.25) is 10.1 Å². The van der Waals surface area contributed by atoms with Crippen molar-refractivity contribution in [2.24, 2.45) is 0 Å². The SMILES string of the molecule is O=[N+]([O-])c1cc(Cl)nc(NCc2cc(F)ccc2Br)c1. The zero-order chi connectivity index (χ0) is 14.7. The van der Waals surface area contributed by atoms with Gasteiger partial charge in [0.1, 0.15) is 16.8 Å². The lowest BCUT2D eigenvalue weighted by Gasteiger charge is -2.08. The second kappa shape index (κ2) is 6.15. The summed E-state index contributed by atoms with van der Waals surface area (Å²) in [5.41, 5.74) is 0.500. The van der Waals surface area contributed by atoms with E-state index in [1.165, 1.54) is 18.2 Å². The van der Waals surface area contributed by atoms with E-state index < -0.39 is 4.92 Å². The topological polar surface area (TPSA) is 68.1 Å². The van der Waals surface area contributed by atoms with Crippen LogP contribution in [0, 0.1) is 15.9 Å². The predicted molar refractivity (Wildman–Crippen MR) is 77.3 cm³/mol. The van der Waals surface area contributed by atoms with Crippen LogP contribution < -0.4 is 5.32 Å². The van der Waals surface area contributed by atoms with E-state index in [1.807, 2.05) is 0 Å². The molecule has 0 bridgehead atoms. The predicted octanol–water partition coefficient (Wildman–Crippen LogP) is 4.16. The largest absolute Gasteiger partial charge is 0.366 e. The van der Waals surface area contributed by atoms with Gasteiger partial charge in [0.2, 0.25) is 0 Å². The van der Waals surface area contributed by atoms with Crippen LogP contribution in [-0.2, 0) is 6.54 Å². The second-order valence-electron chi connectivity index (χ2n) is 3.88. The molecular formula is C12H8BrClFN3O2. The Morgan fingerprint density at radius 3 is 2.85 bits per heavy atom. The number of rotatable bonds is 4. The van der Waals surface area contributed by atoms with Crippen LogP contribution >= 0.6 is 27.5 Å². The zero-order valence-corrected chi connectivity index (χ0v) is 12.3. The molecule has 0 aliphatic rings. The number of benzene rings is 1. The fourth-order valence-electron chi connectivity index (χ4n) is 1.54. The Morgan fingerprint density at radius 2 is 2.15 bits per heavy atom. The summed E-state index contributed by atoms with van der Waals surface area (Å²) < 4.78 is 13.9. The van der Waals surface area contributed by atoms with Gasteiger partial charge in [0, 0.05) is 11.0 Å². The van der Waals surface area contributed by atoms with Crippen LogP contribution in [0.2, 0.25) is 5.15 Å². The van der Waals surface area contributed by atoms with E-state index in [0.717, 1.165) is 10.5 Å². The molecule has 20 heavy (non-hydrogen) atoms. The molecule has 1 aromatic heterocycles. The second-order valence-corrected chi connectivity index (χ2v) is 5.12. The van der Waals surface area contributed by atoms with E-state index in [2.05, 4.69) is 26.2 Å². The summed E-state index contributed by atoms with van der Waals surface area (Å²) in [5, 5.41) is 13.6. The van der Waals surface area contributed by atoms with Crippen LogP contribution in [0.3, 0.4) is 0 Å². The van der Waals surface area contributed by atoms with Gasteiger partial charge in [-0.05, 0) is 23.8 Å². The highest BCUT2D eigenvalue weighted by Gasteiger charge is 2.10. The van der Waals surface area contributed by atoms with E-state index in [-0.39, 0.29) is 29.0 Å². The van der Waals surface area contributed by atoms with Crippen LogP contribution in [0.5, 0.6) is 0 Å². The number of aromatic nitrogens is 1. The van der Waals surface area contributed by atoms with Crippen LogP contribution in [0.25, 0.3) is 0 Å². The number of hydrogen-bond donors (Lipinski definition) is 1. The minimum Gasteiger partial charge on any atom is -0.366 e. The highest BCUT2D eigenvalue weighted by Crippen LogP contribution is 2.22. The summed E-state index contributed by atoms with van der Waals surface area (Å²) in [6, 6.07) is 6.69. The molecule has 0 radical (unpaired) electrons. The Morgan fingerprint density at radius 1 is 1.40 bits per heavy atom. The molecular weight excluding hydrogens is 353 g/mol. The van der Waals surface area contributed by atoms with Crippen LogP contribution in [0.1, 0.15) is 5.56 Å². The van der Waals surface area contributed by atoms with Crippen LogP contribution in [-0.4, -0.2) is 9.91 Å². The fraction of sp³-hybridized carbons (Fsp3) is 0.0833. The maximum Gasteiger partial charge on any atom is 0.276 e. The van der Waals surface area contributed by atoms with Crippen molar-refractivity contribution >= 4 is 39.0 Å². The van der Waals surface area contributed by atoms with E-state index in [9.17, 15) is 14.5 Å². The summed E-state index contributed by atoms with van der Waals surface area (Å²) in [5.74, 6) is -0.115. The van der Waals surface area contributed by atoms with Gasteiger partial charge in [-0.1, -0.05) is 27.5 Å². The van der Waals surface area contributed by atoms with Crippen molar-refractivity contribution in [1.29, 1.82) is 0 Å². The molecule has 104 valence electrons. The lowest BCUT2D eigenvalue weighted by molar-refractivity contribution is -0.384. The molecule has 1 heterocycles. The molecule has 2 aromatic rings. The quantitative estimate of drug-likeness (QED) is 0.505. The molecule has 0 aliphatic heterocycles. The normalized spacial score (nSPS) is 10.3. The minimum absolute atomic E-state index is 0.0139. The van der Waals surface area contributed by atoms with Gasteiger partial charge in [0.05, 0.1) is 17.1 Å². The highest BCUT2D eigenvalue weighted by atomic mass is 79.9. The molecule has 0 aliphatic carbocycles. The summed E-state index contributed by atoms with van der Waals surface area (Å²) in [6.45, 7) is 0.253. The smallest absolute Gasteiger partial charge is 0.276 e. The van der Waals surface area contributed by atoms with Crippen molar-refractivity contribution in [3.63, 3.8) is 0 Å². The summed E-state index contributed by atoms with van der Waals surface area (Å²) in [6.07, 6.45) is 0. The summed E-state index contributed by atoms with van der Waals surface area (Å²) in [7, 11) is 0. The summed E-state index contributed by atoms with van der Waals surface area (Å²) >= 11 is 9.00. The zero-order valence-electron chi connectivity index (χ0n) is 9.94. The molecule has 0 spiro atoms. The van der Waals surface area contributed by atoms with Crippen LogP contribution in [0.15, 0.2) is 34.8 Å². The molecule has 0 unspecified atom stereocenters. The van der Waals surface area contributed by atoms with Gasteiger partial charge in [-0.25, -0.2) is 9.37 Å². The average molecular weight is 361 g/mol. The third kappa shape index (κ3) is 3.64. The monoisotopic (exact) mass is 359 g/mol. The number of nitro groups is 1. The minimum atomic E-state index is -0.559. The van der Waals surface area contributed by atoms with E-state index >= 15 is 0 Å². The Kier molecular flexibility index (Phi) is 4.51. The van der Waals surface area contributed by atoms with Gasteiger partial charge in [0.15, 0.2) is 0 Å². The Bertz CT molecular complexity index is 669. The number of anilines is 1. The van der Waals surface area contributed by atoms with Crippen molar-refractivity contribution in [3.05, 3.63) is 61.5 Å². The summed E-state index contributed by atoms with van der Waals surface area (Å²) in [4.78, 5) is 14.1. The average Bonchev–Trinajstić information content (AvgIpc) is 2.39. The molecule has 2 rings (SSSR count). The maximum absolute atomic E-state index is 13.1. The number of halogens is 3. The first-order valence-corrected chi connectivity index (χ1v) is 6.62. The van der Waals surface area contributed by atoms with Crippen molar-refractivity contribution in [2.75, 3.05) is 5.32 Å². The van der Waals surface area contributed by atoms with Gasteiger partial charge in [-0.2, -0.15) is 0 Å². The molecule has 0 fully saturated rings. The first-order chi connectivity index (χ1) is 9.45. The maximum atomic E-state index is 13.1. The van der Waals surface area contributed by atoms with Crippen molar-refractivity contribution in [1.82, 2.24) is 4.98 Å². The first kappa shape index (κ1) is 14.7. The van der Waals surface area contributed by atoms with E-state index in [0.29, 0.717) is 5.56 Å². The van der Waals surface area contributed by atoms with Gasteiger partial charge >= 0.3 is 0 Å². The molecule has 5 nitrogen and oxygen atoms in total. The standard InChI is InChI=1S/C12H8BrClFN3O2/c13-10-2-1-8(15)3-7(10)6-16-12-5-9(18(19)20)4-11(14)17-12/h1-5H,6H2,(H,16,17). The lowest BCUT2D eigenvalue weighted by Crippen LogP contribution is -2.03. The molecule has 0 atom stereocenters. The molecule has 1 aromatic carbocycles. The van der Waals surface area contributed by atoms with Gasteiger partial charge in [-0.15, -0.1) is 0 Å².